The predicted molar refractivity (Wildman–Crippen MR) is 234 cm³/mol. The number of nitrogens with zero attached hydrogens (tertiary/aromatic N) is 2. The number of rotatable bonds is 4. The van der Waals surface area contributed by atoms with Crippen LogP contribution in [0.15, 0.2) is 188 Å². The SMILES string of the molecule is C1=C(c2ccccc2)c2ccccc2NC1c1ccc(-n2c3ccccc3c3cc4c5ccc6c7ccccc7sc6c5n(-c5ccccc5)c4cc32)cc1. The molecule has 0 amide bonds. The summed E-state index contributed by atoms with van der Waals surface area (Å²) in [6.45, 7) is 0. The summed E-state index contributed by atoms with van der Waals surface area (Å²) >= 11 is 1.90. The molecule has 11 aromatic rings. The Morgan fingerprint density at radius 1 is 0.455 bits per heavy atom. The van der Waals surface area contributed by atoms with Crippen molar-refractivity contribution < 1.29 is 0 Å². The van der Waals surface area contributed by atoms with Crippen LogP contribution >= 0.6 is 11.3 Å². The van der Waals surface area contributed by atoms with E-state index in [1.54, 1.807) is 0 Å². The molecule has 4 heterocycles. The van der Waals surface area contributed by atoms with Gasteiger partial charge in [-0.1, -0.05) is 127 Å². The van der Waals surface area contributed by atoms with Crippen molar-refractivity contribution in [2.24, 2.45) is 0 Å². The zero-order valence-corrected chi connectivity index (χ0v) is 30.6. The fourth-order valence-corrected chi connectivity index (χ4v) is 10.3. The number of aromatic nitrogens is 2. The number of thiophene rings is 1. The monoisotopic (exact) mass is 719 g/mol. The third kappa shape index (κ3) is 4.56. The predicted octanol–water partition coefficient (Wildman–Crippen LogP) is 13.8. The van der Waals surface area contributed by atoms with Crippen molar-refractivity contribution in [3.05, 3.63) is 205 Å². The first kappa shape index (κ1) is 30.6. The Kier molecular flexibility index (Phi) is 6.56. The summed E-state index contributed by atoms with van der Waals surface area (Å²) in [7, 11) is 0. The molecule has 1 unspecified atom stereocenters. The van der Waals surface area contributed by atoms with E-state index in [1.807, 2.05) is 11.3 Å². The van der Waals surface area contributed by atoms with Gasteiger partial charge in [0.05, 0.1) is 32.8 Å². The Bertz CT molecular complexity index is 3330. The number of benzene rings is 8. The average Bonchev–Trinajstić information content (AvgIpc) is 3.90. The van der Waals surface area contributed by atoms with E-state index in [0.717, 1.165) is 11.4 Å². The maximum absolute atomic E-state index is 3.82. The Morgan fingerprint density at radius 3 is 1.96 bits per heavy atom. The molecular formula is C51H33N3S. The zero-order chi connectivity index (χ0) is 36.0. The van der Waals surface area contributed by atoms with Gasteiger partial charge in [0.2, 0.25) is 0 Å². The molecular weight excluding hydrogens is 687 g/mol. The lowest BCUT2D eigenvalue weighted by Gasteiger charge is -2.27. The molecule has 0 fully saturated rings. The van der Waals surface area contributed by atoms with E-state index in [1.165, 1.54) is 91.7 Å². The van der Waals surface area contributed by atoms with Crippen molar-refractivity contribution in [2.45, 2.75) is 6.04 Å². The minimum Gasteiger partial charge on any atom is -0.374 e. The van der Waals surface area contributed by atoms with Gasteiger partial charge >= 0.3 is 0 Å². The molecule has 1 atom stereocenters. The number of fused-ring (bicyclic) bond motifs is 11. The zero-order valence-electron chi connectivity index (χ0n) is 29.8. The molecule has 3 nitrogen and oxygen atoms in total. The molecule has 8 aromatic carbocycles. The number of para-hydroxylation sites is 3. The standard InChI is InChI=1S/C51H33N3S/c1-3-13-32(14-4-1)41-30-45(52-44-20-10-7-17-36(41)44)33-23-25-35(26-24-33)53-46-21-11-8-18-37(46)42-29-43-39-27-28-40-38-19-9-12-22-49(38)55-51(40)50(39)54(48(43)31-47(42)53)34-15-5-2-6-16-34/h1-31,45,52H. The third-order valence-electron chi connectivity index (χ3n) is 11.5. The van der Waals surface area contributed by atoms with Gasteiger partial charge in [0.15, 0.2) is 0 Å². The molecule has 0 bridgehead atoms. The normalized spacial score (nSPS) is 14.3. The maximum Gasteiger partial charge on any atom is 0.0719 e. The van der Waals surface area contributed by atoms with E-state index >= 15 is 0 Å². The molecule has 1 aliphatic rings. The number of anilines is 1. The van der Waals surface area contributed by atoms with Gasteiger partial charge in [0.25, 0.3) is 0 Å². The molecule has 0 radical (unpaired) electrons. The first-order valence-electron chi connectivity index (χ1n) is 18.9. The Hall–Kier alpha value is -6.88. The second kappa shape index (κ2) is 11.8. The minimum atomic E-state index is 0.0456. The summed E-state index contributed by atoms with van der Waals surface area (Å²) in [5.41, 5.74) is 13.3. The van der Waals surface area contributed by atoms with Crippen LogP contribution in [0.2, 0.25) is 0 Å². The van der Waals surface area contributed by atoms with Gasteiger partial charge in [-0.2, -0.15) is 0 Å². The lowest BCUT2D eigenvalue weighted by atomic mass is 9.89. The van der Waals surface area contributed by atoms with Gasteiger partial charge < -0.3 is 14.5 Å². The highest BCUT2D eigenvalue weighted by molar-refractivity contribution is 7.26. The van der Waals surface area contributed by atoms with Crippen molar-refractivity contribution >= 4 is 86.4 Å². The molecule has 1 N–H and O–H groups in total. The van der Waals surface area contributed by atoms with Crippen LogP contribution in [0.25, 0.3) is 80.7 Å². The van der Waals surface area contributed by atoms with Crippen LogP contribution in [-0.2, 0) is 0 Å². The van der Waals surface area contributed by atoms with Gasteiger partial charge in [0, 0.05) is 59.6 Å². The molecule has 12 rings (SSSR count). The van der Waals surface area contributed by atoms with Crippen molar-refractivity contribution in [1.29, 1.82) is 0 Å². The second-order valence-corrected chi connectivity index (χ2v) is 15.6. The van der Waals surface area contributed by atoms with E-state index in [4.69, 9.17) is 0 Å². The average molecular weight is 720 g/mol. The van der Waals surface area contributed by atoms with Crippen molar-refractivity contribution in [3.63, 3.8) is 0 Å². The quantitative estimate of drug-likeness (QED) is 0.192. The summed E-state index contributed by atoms with van der Waals surface area (Å²) in [5, 5.41) is 11.5. The Balaban J connectivity index is 1.07. The van der Waals surface area contributed by atoms with Crippen LogP contribution in [0.5, 0.6) is 0 Å². The van der Waals surface area contributed by atoms with E-state index in [9.17, 15) is 0 Å². The van der Waals surface area contributed by atoms with Crippen LogP contribution in [-0.4, -0.2) is 9.13 Å². The lowest BCUT2D eigenvalue weighted by molar-refractivity contribution is 0.970. The van der Waals surface area contributed by atoms with Gasteiger partial charge in [0.1, 0.15) is 0 Å². The van der Waals surface area contributed by atoms with Crippen molar-refractivity contribution in [2.75, 3.05) is 5.32 Å². The second-order valence-electron chi connectivity index (χ2n) is 14.6. The molecule has 0 saturated heterocycles. The van der Waals surface area contributed by atoms with Crippen LogP contribution in [0.3, 0.4) is 0 Å². The van der Waals surface area contributed by atoms with E-state index in [2.05, 4.69) is 203 Å². The molecule has 1 aliphatic heterocycles. The summed E-state index contributed by atoms with van der Waals surface area (Å²) in [5.74, 6) is 0. The summed E-state index contributed by atoms with van der Waals surface area (Å²) in [4.78, 5) is 0. The van der Waals surface area contributed by atoms with E-state index < -0.39 is 0 Å². The van der Waals surface area contributed by atoms with E-state index in [0.29, 0.717) is 0 Å². The highest BCUT2D eigenvalue weighted by Gasteiger charge is 2.23. The number of hydrogen-bond acceptors (Lipinski definition) is 2. The summed E-state index contributed by atoms with van der Waals surface area (Å²) in [6.07, 6.45) is 2.37. The molecule has 258 valence electrons. The largest absolute Gasteiger partial charge is 0.374 e. The van der Waals surface area contributed by atoms with Gasteiger partial charge in [-0.3, -0.25) is 0 Å². The number of hydrogen-bond donors (Lipinski definition) is 1. The van der Waals surface area contributed by atoms with Crippen LogP contribution in [0.1, 0.15) is 22.7 Å². The first-order valence-corrected chi connectivity index (χ1v) is 19.7. The summed E-state index contributed by atoms with van der Waals surface area (Å²) in [6, 6.07) is 66.6. The van der Waals surface area contributed by atoms with Gasteiger partial charge in [-0.25, -0.2) is 0 Å². The highest BCUT2D eigenvalue weighted by Crippen LogP contribution is 2.45. The van der Waals surface area contributed by atoms with Crippen molar-refractivity contribution in [3.8, 4) is 11.4 Å². The molecule has 4 heteroatoms. The van der Waals surface area contributed by atoms with Crippen LogP contribution < -0.4 is 5.32 Å². The Morgan fingerprint density at radius 2 is 1.11 bits per heavy atom. The van der Waals surface area contributed by atoms with E-state index in [-0.39, 0.29) is 6.04 Å². The van der Waals surface area contributed by atoms with Crippen LogP contribution in [0.4, 0.5) is 5.69 Å². The third-order valence-corrected chi connectivity index (χ3v) is 12.7. The topological polar surface area (TPSA) is 21.9 Å². The van der Waals surface area contributed by atoms with Crippen molar-refractivity contribution in [1.82, 2.24) is 9.13 Å². The Labute approximate surface area is 321 Å². The fraction of sp³-hybridized carbons (Fsp3) is 0.0196. The molecule has 3 aromatic heterocycles. The highest BCUT2D eigenvalue weighted by atomic mass is 32.1. The first-order chi connectivity index (χ1) is 27.3. The minimum absolute atomic E-state index is 0.0456. The maximum atomic E-state index is 3.82. The molecule has 0 aliphatic carbocycles. The molecule has 55 heavy (non-hydrogen) atoms. The summed E-state index contributed by atoms with van der Waals surface area (Å²) < 4.78 is 7.59. The molecule has 0 saturated carbocycles. The van der Waals surface area contributed by atoms with Gasteiger partial charge in [-0.05, 0) is 77.4 Å². The number of nitrogens with one attached hydrogen (secondary N) is 1. The van der Waals surface area contributed by atoms with Gasteiger partial charge in [-0.15, -0.1) is 11.3 Å². The van der Waals surface area contributed by atoms with Crippen LogP contribution in [0, 0.1) is 0 Å². The fourth-order valence-electron chi connectivity index (χ4n) is 9.05. The molecule has 0 spiro atoms. The lowest BCUT2D eigenvalue weighted by Crippen LogP contribution is -2.15. The smallest absolute Gasteiger partial charge is 0.0719 e.